The van der Waals surface area contributed by atoms with Crippen molar-refractivity contribution in [3.8, 4) is 0 Å². The monoisotopic (exact) mass is 420 g/mol. The van der Waals surface area contributed by atoms with Crippen molar-refractivity contribution in [2.45, 2.75) is 89.8 Å². The lowest BCUT2D eigenvalue weighted by atomic mass is 9.89. The Morgan fingerprint density at radius 3 is 2.17 bits per heavy atom. The number of hydrogen-bond donors (Lipinski definition) is 1. The molecular formula is C25H40O5. The minimum absolute atomic E-state index is 0.00371. The molecule has 0 aliphatic heterocycles. The van der Waals surface area contributed by atoms with Crippen molar-refractivity contribution in [3.63, 3.8) is 0 Å². The van der Waals surface area contributed by atoms with E-state index in [-0.39, 0.29) is 6.42 Å². The lowest BCUT2D eigenvalue weighted by molar-refractivity contribution is -0.182. The number of esters is 2. The zero-order valence-electron chi connectivity index (χ0n) is 19.0. The third-order valence-electron chi connectivity index (χ3n) is 4.63. The van der Waals surface area contributed by atoms with Gasteiger partial charge in [0.05, 0.1) is 13.2 Å². The average Bonchev–Trinajstić information content (AvgIpc) is 2.72. The second kappa shape index (κ2) is 17.7. The van der Waals surface area contributed by atoms with Gasteiger partial charge in [0, 0.05) is 12.5 Å². The molecule has 2 unspecified atom stereocenters. The van der Waals surface area contributed by atoms with Crippen LogP contribution in [0.4, 0.5) is 0 Å². The van der Waals surface area contributed by atoms with Gasteiger partial charge < -0.3 is 14.6 Å². The van der Waals surface area contributed by atoms with Crippen LogP contribution in [0.15, 0.2) is 49.1 Å². The van der Waals surface area contributed by atoms with E-state index in [0.29, 0.717) is 12.8 Å². The highest BCUT2D eigenvalue weighted by atomic mass is 16.6. The number of allylic oxidation sites excluding steroid dienone is 6. The molecule has 0 saturated heterocycles. The predicted octanol–water partition coefficient (Wildman–Crippen LogP) is 5.60. The van der Waals surface area contributed by atoms with E-state index in [2.05, 4.69) is 50.0 Å². The first-order valence-corrected chi connectivity index (χ1v) is 11.0. The fraction of sp³-hybridized carbons (Fsp3) is 0.600. The van der Waals surface area contributed by atoms with Crippen LogP contribution < -0.4 is 0 Å². The average molecular weight is 421 g/mol. The topological polar surface area (TPSA) is 72.8 Å². The summed E-state index contributed by atoms with van der Waals surface area (Å²) in [4.78, 5) is 24.1. The van der Waals surface area contributed by atoms with Gasteiger partial charge in [-0.3, -0.25) is 0 Å². The zero-order valence-corrected chi connectivity index (χ0v) is 19.0. The highest BCUT2D eigenvalue weighted by molar-refractivity contribution is 5.87. The summed E-state index contributed by atoms with van der Waals surface area (Å²) in [6, 6.07) is 0. The Labute approximate surface area is 182 Å². The fourth-order valence-electron chi connectivity index (χ4n) is 3.17. The van der Waals surface area contributed by atoms with E-state index >= 15 is 0 Å². The molecule has 0 radical (unpaired) electrons. The van der Waals surface area contributed by atoms with Crippen LogP contribution in [0.3, 0.4) is 0 Å². The molecular weight excluding hydrogens is 380 g/mol. The van der Waals surface area contributed by atoms with E-state index in [1.54, 1.807) is 6.92 Å². The molecule has 0 heterocycles. The first-order chi connectivity index (χ1) is 14.4. The fourth-order valence-corrected chi connectivity index (χ4v) is 3.17. The molecule has 5 heteroatoms. The van der Waals surface area contributed by atoms with Crippen LogP contribution in [-0.4, -0.2) is 35.9 Å². The molecule has 0 amide bonds. The van der Waals surface area contributed by atoms with E-state index in [0.717, 1.165) is 51.0 Å². The summed E-state index contributed by atoms with van der Waals surface area (Å²) in [5.74, 6) is -1.33. The maximum atomic E-state index is 12.3. The number of aliphatic hydroxyl groups is 1. The van der Waals surface area contributed by atoms with E-state index in [1.165, 1.54) is 7.11 Å². The van der Waals surface area contributed by atoms with Crippen molar-refractivity contribution in [2.24, 2.45) is 0 Å². The van der Waals surface area contributed by atoms with Crippen LogP contribution >= 0.6 is 0 Å². The molecule has 30 heavy (non-hydrogen) atoms. The summed E-state index contributed by atoms with van der Waals surface area (Å²) in [6.45, 7) is 7.07. The number of aliphatic hydroxyl groups excluding tert-OH is 1. The third kappa shape index (κ3) is 13.2. The van der Waals surface area contributed by atoms with Crippen LogP contribution in [0.1, 0.15) is 78.1 Å². The first kappa shape index (κ1) is 27.9. The van der Waals surface area contributed by atoms with Gasteiger partial charge in [-0.1, -0.05) is 62.8 Å². The Morgan fingerprint density at radius 2 is 1.60 bits per heavy atom. The normalized spacial score (nSPS) is 14.8. The largest absolute Gasteiger partial charge is 0.466 e. The number of methoxy groups -OCH3 is 1. The molecule has 0 aliphatic rings. The second-order valence-corrected chi connectivity index (χ2v) is 7.41. The van der Waals surface area contributed by atoms with Gasteiger partial charge in [0.15, 0.2) is 0 Å². The number of carbonyl (C=O) groups excluding carboxylic acids is 2. The van der Waals surface area contributed by atoms with Gasteiger partial charge in [-0.15, -0.1) is 0 Å². The lowest BCUT2D eigenvalue weighted by Crippen LogP contribution is -2.46. The molecule has 0 saturated carbocycles. The first-order valence-electron chi connectivity index (χ1n) is 11.0. The number of rotatable bonds is 17. The van der Waals surface area contributed by atoms with Gasteiger partial charge in [0.25, 0.3) is 0 Å². The maximum Gasteiger partial charge on any atom is 0.350 e. The van der Waals surface area contributed by atoms with Crippen molar-refractivity contribution in [1.82, 2.24) is 0 Å². The molecule has 0 spiro atoms. The predicted molar refractivity (Wildman–Crippen MR) is 122 cm³/mol. The minimum atomic E-state index is -1.47. The van der Waals surface area contributed by atoms with Gasteiger partial charge in [0.2, 0.25) is 5.60 Å². The maximum absolute atomic E-state index is 12.3. The molecule has 0 aromatic heterocycles. The van der Waals surface area contributed by atoms with E-state index in [9.17, 15) is 14.7 Å². The molecule has 5 nitrogen and oxygen atoms in total. The smallest absolute Gasteiger partial charge is 0.350 e. The van der Waals surface area contributed by atoms with Crippen LogP contribution in [0, 0.1) is 0 Å². The van der Waals surface area contributed by atoms with Crippen molar-refractivity contribution in [3.05, 3.63) is 49.1 Å². The van der Waals surface area contributed by atoms with Gasteiger partial charge in [-0.05, 0) is 51.9 Å². The summed E-state index contributed by atoms with van der Waals surface area (Å²) < 4.78 is 10.2. The quantitative estimate of drug-likeness (QED) is 0.144. The summed E-state index contributed by atoms with van der Waals surface area (Å²) >= 11 is 0. The molecule has 2 atom stereocenters. The Hall–Kier alpha value is -2.14. The summed E-state index contributed by atoms with van der Waals surface area (Å²) in [5, 5.41) is 9.79. The van der Waals surface area contributed by atoms with Crippen molar-refractivity contribution >= 4 is 11.9 Å². The van der Waals surface area contributed by atoms with Gasteiger partial charge in [-0.2, -0.15) is 0 Å². The highest BCUT2D eigenvalue weighted by Gasteiger charge is 2.43. The van der Waals surface area contributed by atoms with Crippen LogP contribution in [-0.2, 0) is 19.1 Å². The lowest BCUT2D eigenvalue weighted by Gasteiger charge is -2.31. The molecule has 0 rings (SSSR count). The number of ether oxygens (including phenoxy) is 2. The van der Waals surface area contributed by atoms with Crippen molar-refractivity contribution in [2.75, 3.05) is 7.11 Å². The molecule has 0 aromatic carbocycles. The van der Waals surface area contributed by atoms with Gasteiger partial charge >= 0.3 is 11.9 Å². The van der Waals surface area contributed by atoms with Gasteiger partial charge in [0.1, 0.15) is 0 Å². The molecule has 0 bridgehead atoms. The van der Waals surface area contributed by atoms with E-state index in [1.807, 2.05) is 0 Å². The van der Waals surface area contributed by atoms with Gasteiger partial charge in [-0.25, -0.2) is 9.59 Å². The third-order valence-corrected chi connectivity index (χ3v) is 4.63. The Morgan fingerprint density at radius 1 is 1.00 bits per heavy atom. The number of unbranched alkanes of at least 4 members (excludes halogenated alkanes) is 4. The summed E-state index contributed by atoms with van der Waals surface area (Å²) in [6.07, 6.45) is 21.3. The Bertz CT molecular complexity index is 574. The number of carbonyl (C=O) groups is 2. The van der Waals surface area contributed by atoms with Crippen LogP contribution in [0.2, 0.25) is 0 Å². The summed E-state index contributed by atoms with van der Waals surface area (Å²) in [7, 11) is 1.25. The Balaban J connectivity index is 4.31. The van der Waals surface area contributed by atoms with Crippen LogP contribution in [0.5, 0.6) is 0 Å². The molecule has 0 aliphatic carbocycles. The number of hydrogen-bond acceptors (Lipinski definition) is 5. The highest BCUT2D eigenvalue weighted by Crippen LogP contribution is 2.28. The van der Waals surface area contributed by atoms with E-state index < -0.39 is 23.6 Å². The second-order valence-electron chi connectivity index (χ2n) is 7.41. The molecule has 170 valence electrons. The molecule has 0 aromatic rings. The SMILES string of the molecule is C=CC(=O)OC(CCCCCC/C=C\C/C=C\C/C=C\CC)(CC(C)O)C(=O)OC. The molecule has 0 fully saturated rings. The summed E-state index contributed by atoms with van der Waals surface area (Å²) in [5.41, 5.74) is -1.47. The van der Waals surface area contributed by atoms with Crippen molar-refractivity contribution < 1.29 is 24.2 Å². The van der Waals surface area contributed by atoms with Crippen LogP contribution in [0.25, 0.3) is 0 Å². The zero-order chi connectivity index (χ0) is 22.7. The Kier molecular flexibility index (Phi) is 16.4. The van der Waals surface area contributed by atoms with E-state index in [4.69, 9.17) is 9.47 Å². The standard InChI is InChI=1S/C25H40O5/c1-5-7-8-9-10-11-12-13-14-15-16-17-18-19-20-25(21-22(3)26,24(28)29-4)30-23(27)6-2/h6-8,10-11,13-14,22,26H,2,5,9,12,15-21H2,1,3-4H3/b8-7-,11-10-,14-13-. The van der Waals surface area contributed by atoms with Crippen molar-refractivity contribution in [1.29, 1.82) is 0 Å². The molecule has 1 N–H and O–H groups in total. The minimum Gasteiger partial charge on any atom is -0.466 e.